The van der Waals surface area contributed by atoms with Gasteiger partial charge in [0.15, 0.2) is 10.9 Å². The Bertz CT molecular complexity index is 1490. The second-order valence-corrected chi connectivity index (χ2v) is 12.1. The molecule has 41 heavy (non-hydrogen) atoms. The Morgan fingerprint density at radius 1 is 1.02 bits per heavy atom. The third kappa shape index (κ3) is 6.17. The largest absolute Gasteiger partial charge is 0.497 e. The Balaban J connectivity index is 1.24. The van der Waals surface area contributed by atoms with Gasteiger partial charge < -0.3 is 19.0 Å². The average molecular weight is 574 g/mol. The quantitative estimate of drug-likeness (QED) is 0.277. The van der Waals surface area contributed by atoms with E-state index in [4.69, 9.17) is 9.15 Å². The summed E-state index contributed by atoms with van der Waals surface area (Å²) in [5.41, 5.74) is 2.72. The maximum atomic E-state index is 13.3. The summed E-state index contributed by atoms with van der Waals surface area (Å²) in [5.74, 6) is 2.05. The van der Waals surface area contributed by atoms with Gasteiger partial charge in [-0.2, -0.15) is 0 Å². The summed E-state index contributed by atoms with van der Waals surface area (Å²) < 4.78 is 12.8. The van der Waals surface area contributed by atoms with E-state index in [0.717, 1.165) is 11.4 Å². The van der Waals surface area contributed by atoms with Crippen LogP contribution >= 0.6 is 11.8 Å². The Morgan fingerprint density at radius 2 is 1.76 bits per heavy atom. The van der Waals surface area contributed by atoms with Gasteiger partial charge in [0.2, 0.25) is 11.7 Å². The molecule has 10 heteroatoms. The minimum absolute atomic E-state index is 0.00233. The maximum Gasteiger partial charge on any atom is 0.254 e. The van der Waals surface area contributed by atoms with E-state index in [9.17, 15) is 9.59 Å². The van der Waals surface area contributed by atoms with Gasteiger partial charge in [0.25, 0.3) is 5.91 Å². The molecule has 1 aliphatic heterocycles. The predicted molar refractivity (Wildman–Crippen MR) is 159 cm³/mol. The number of carbonyl (C=O) groups is 2. The number of furan rings is 1. The van der Waals surface area contributed by atoms with E-state index < -0.39 is 0 Å². The number of amides is 2. The molecule has 2 aromatic heterocycles. The van der Waals surface area contributed by atoms with Crippen LogP contribution in [-0.4, -0.2) is 74.9 Å². The van der Waals surface area contributed by atoms with Crippen molar-refractivity contribution in [3.8, 4) is 23.0 Å². The smallest absolute Gasteiger partial charge is 0.254 e. The summed E-state index contributed by atoms with van der Waals surface area (Å²) >= 11 is 1.32. The molecule has 5 rings (SSSR count). The van der Waals surface area contributed by atoms with Crippen LogP contribution in [0.15, 0.2) is 76.5 Å². The lowest BCUT2D eigenvalue weighted by atomic mass is 9.86. The van der Waals surface area contributed by atoms with Crippen molar-refractivity contribution in [2.45, 2.75) is 44.3 Å². The topological polar surface area (TPSA) is 93.7 Å². The highest BCUT2D eigenvalue weighted by molar-refractivity contribution is 7.99. The van der Waals surface area contributed by atoms with Crippen molar-refractivity contribution in [1.29, 1.82) is 0 Å². The number of ether oxygens (including phenoxy) is 1. The van der Waals surface area contributed by atoms with Crippen molar-refractivity contribution in [1.82, 2.24) is 24.6 Å². The number of thioether (sulfide) groups is 1. The number of aromatic nitrogens is 3. The van der Waals surface area contributed by atoms with Crippen LogP contribution in [0, 0.1) is 0 Å². The number of nitrogens with zero attached hydrogens (tertiary/aromatic N) is 5. The van der Waals surface area contributed by atoms with Gasteiger partial charge in [0.1, 0.15) is 5.75 Å². The zero-order valence-electron chi connectivity index (χ0n) is 24.0. The maximum absolute atomic E-state index is 13.3. The van der Waals surface area contributed by atoms with Gasteiger partial charge >= 0.3 is 0 Å². The summed E-state index contributed by atoms with van der Waals surface area (Å²) in [7, 11) is 1.62. The van der Waals surface area contributed by atoms with Crippen molar-refractivity contribution in [2.75, 3.05) is 32.5 Å². The highest BCUT2D eigenvalue weighted by Gasteiger charge is 2.31. The predicted octanol–water partition coefficient (Wildman–Crippen LogP) is 5.30. The fraction of sp³-hybridized carbons (Fsp3) is 0.355. The van der Waals surface area contributed by atoms with Crippen molar-refractivity contribution < 1.29 is 18.7 Å². The molecule has 1 fully saturated rings. The lowest BCUT2D eigenvalue weighted by Gasteiger charge is -2.40. The van der Waals surface area contributed by atoms with Gasteiger partial charge in [-0.25, -0.2) is 0 Å². The highest BCUT2D eigenvalue weighted by Crippen LogP contribution is 2.30. The molecule has 0 bridgehead atoms. The fourth-order valence-electron chi connectivity index (χ4n) is 4.87. The molecule has 2 amide bonds. The van der Waals surface area contributed by atoms with E-state index >= 15 is 0 Å². The van der Waals surface area contributed by atoms with Crippen molar-refractivity contribution >= 4 is 23.6 Å². The van der Waals surface area contributed by atoms with Crippen molar-refractivity contribution in [3.05, 3.63) is 78.1 Å². The molecule has 3 heterocycles. The third-order valence-electron chi connectivity index (χ3n) is 7.27. The molecule has 0 N–H and O–H groups in total. The van der Waals surface area contributed by atoms with Gasteiger partial charge in [0, 0.05) is 31.2 Å². The SMILES string of the molecule is COc1ccc(-n2c(SCC(=O)N3CCN(C(=O)c4ccc(C(C)(C)C)cc4)C(C)C3)nnc2-c2ccco2)cc1. The number of rotatable bonds is 7. The van der Waals surface area contributed by atoms with Gasteiger partial charge in [0.05, 0.1) is 24.8 Å². The summed E-state index contributed by atoms with van der Waals surface area (Å²) in [5, 5.41) is 9.31. The van der Waals surface area contributed by atoms with E-state index in [1.165, 1.54) is 17.3 Å². The molecule has 1 aliphatic rings. The average Bonchev–Trinajstić information content (AvgIpc) is 3.65. The Morgan fingerprint density at radius 3 is 2.37 bits per heavy atom. The van der Waals surface area contributed by atoms with E-state index in [1.54, 1.807) is 19.4 Å². The molecule has 0 spiro atoms. The highest BCUT2D eigenvalue weighted by atomic mass is 32.2. The standard InChI is InChI=1S/C31H35N5O4S/c1-21-19-34(16-17-35(21)29(38)22-8-10-23(11-9-22)31(2,3)4)27(37)20-41-30-33-32-28(26-7-6-18-40-26)36(30)24-12-14-25(39-5)15-13-24/h6-15,18,21H,16-17,19-20H2,1-5H3. The van der Waals surface area contributed by atoms with Crippen LogP contribution in [0.5, 0.6) is 5.75 Å². The van der Waals surface area contributed by atoms with E-state index in [0.29, 0.717) is 41.9 Å². The molecular weight excluding hydrogens is 538 g/mol. The molecule has 2 aromatic carbocycles. The van der Waals surface area contributed by atoms with Crippen molar-refractivity contribution in [2.24, 2.45) is 0 Å². The normalized spacial score (nSPS) is 15.7. The molecule has 0 aliphatic carbocycles. The summed E-state index contributed by atoms with van der Waals surface area (Å²) in [6.45, 7) is 9.91. The summed E-state index contributed by atoms with van der Waals surface area (Å²) in [4.78, 5) is 30.2. The first-order valence-corrected chi connectivity index (χ1v) is 14.6. The van der Waals surface area contributed by atoms with Gasteiger partial charge in [-0.1, -0.05) is 44.7 Å². The first kappa shape index (κ1) is 28.5. The molecule has 214 valence electrons. The molecule has 1 unspecified atom stereocenters. The van der Waals surface area contributed by atoms with Crippen LogP contribution in [0.3, 0.4) is 0 Å². The molecule has 9 nitrogen and oxygen atoms in total. The van der Waals surface area contributed by atoms with E-state index in [1.807, 2.05) is 75.9 Å². The van der Waals surface area contributed by atoms with Crippen LogP contribution in [-0.2, 0) is 10.2 Å². The monoisotopic (exact) mass is 573 g/mol. The molecular formula is C31H35N5O4S. The van der Waals surface area contributed by atoms with E-state index in [2.05, 4.69) is 31.0 Å². The second-order valence-electron chi connectivity index (χ2n) is 11.1. The minimum Gasteiger partial charge on any atom is -0.497 e. The Labute approximate surface area is 244 Å². The lowest BCUT2D eigenvalue weighted by Crippen LogP contribution is -2.55. The number of hydrogen-bond donors (Lipinski definition) is 0. The summed E-state index contributed by atoms with van der Waals surface area (Å²) in [6.07, 6.45) is 1.59. The molecule has 0 radical (unpaired) electrons. The first-order valence-electron chi connectivity index (χ1n) is 13.6. The van der Waals surface area contributed by atoms with Crippen LogP contribution in [0.25, 0.3) is 17.3 Å². The van der Waals surface area contributed by atoms with Crippen LogP contribution < -0.4 is 4.74 Å². The van der Waals surface area contributed by atoms with Gasteiger partial charge in [-0.3, -0.25) is 14.2 Å². The summed E-state index contributed by atoms with van der Waals surface area (Å²) in [6, 6.07) is 18.9. The first-order chi connectivity index (χ1) is 19.7. The van der Waals surface area contributed by atoms with Crippen molar-refractivity contribution in [3.63, 3.8) is 0 Å². The molecule has 0 saturated carbocycles. The second kappa shape index (κ2) is 11.8. The number of hydrogen-bond acceptors (Lipinski definition) is 7. The number of piperazine rings is 1. The number of methoxy groups -OCH3 is 1. The van der Waals surface area contributed by atoms with Crippen LogP contribution in [0.4, 0.5) is 0 Å². The fourth-order valence-corrected chi connectivity index (χ4v) is 5.73. The molecule has 1 saturated heterocycles. The molecule has 4 aromatic rings. The molecule has 1 atom stereocenters. The van der Waals surface area contributed by atoms with Crippen LogP contribution in [0.1, 0.15) is 43.6 Å². The zero-order chi connectivity index (χ0) is 29.1. The van der Waals surface area contributed by atoms with Crippen LogP contribution in [0.2, 0.25) is 0 Å². The lowest BCUT2D eigenvalue weighted by molar-refractivity contribution is -0.130. The van der Waals surface area contributed by atoms with Gasteiger partial charge in [-0.15, -0.1) is 10.2 Å². The number of benzene rings is 2. The third-order valence-corrected chi connectivity index (χ3v) is 8.18. The Kier molecular flexibility index (Phi) is 8.21. The van der Waals surface area contributed by atoms with E-state index in [-0.39, 0.29) is 29.0 Å². The van der Waals surface area contributed by atoms with Gasteiger partial charge in [-0.05, 0) is 66.4 Å². The minimum atomic E-state index is -0.0963. The Hall–Kier alpha value is -4.05. The number of carbonyl (C=O) groups excluding carboxylic acids is 2. The zero-order valence-corrected chi connectivity index (χ0v) is 24.9.